The monoisotopic (exact) mass is 260 g/mol. The molecule has 2 nitrogen and oxygen atoms in total. The standard InChI is InChI=1S/C15H20N2S/c1-12-7-9-18-15(12)6-8-17-11-13-4-3-5-14(10-13)16-2/h3-5,7,9-10,16-17H,6,8,11H2,1-2H3. The van der Waals surface area contributed by atoms with Gasteiger partial charge < -0.3 is 10.6 Å². The molecular formula is C15H20N2S. The van der Waals surface area contributed by atoms with Crippen LogP contribution in [0.25, 0.3) is 0 Å². The minimum atomic E-state index is 0.930. The average Bonchev–Trinajstić information content (AvgIpc) is 2.81. The summed E-state index contributed by atoms with van der Waals surface area (Å²) < 4.78 is 0. The van der Waals surface area contributed by atoms with E-state index in [1.807, 2.05) is 18.4 Å². The zero-order chi connectivity index (χ0) is 12.8. The fraction of sp³-hybridized carbons (Fsp3) is 0.333. The van der Waals surface area contributed by atoms with Crippen molar-refractivity contribution in [3.05, 3.63) is 51.7 Å². The van der Waals surface area contributed by atoms with Gasteiger partial charge in [0.2, 0.25) is 0 Å². The second-order valence-electron chi connectivity index (χ2n) is 4.40. The van der Waals surface area contributed by atoms with Crippen LogP contribution < -0.4 is 10.6 Å². The van der Waals surface area contributed by atoms with Gasteiger partial charge in [-0.25, -0.2) is 0 Å². The molecule has 0 unspecified atom stereocenters. The minimum Gasteiger partial charge on any atom is -0.388 e. The lowest BCUT2D eigenvalue weighted by Gasteiger charge is -2.07. The molecule has 2 N–H and O–H groups in total. The summed E-state index contributed by atoms with van der Waals surface area (Å²) >= 11 is 1.85. The summed E-state index contributed by atoms with van der Waals surface area (Å²) in [7, 11) is 1.95. The van der Waals surface area contributed by atoms with Gasteiger partial charge in [0.15, 0.2) is 0 Å². The van der Waals surface area contributed by atoms with Crippen molar-refractivity contribution in [3.8, 4) is 0 Å². The lowest BCUT2D eigenvalue weighted by Crippen LogP contribution is -2.16. The molecule has 0 radical (unpaired) electrons. The predicted octanol–water partition coefficient (Wildman–Crippen LogP) is 3.43. The Kier molecular flexibility index (Phi) is 4.79. The van der Waals surface area contributed by atoms with E-state index in [9.17, 15) is 0 Å². The molecule has 96 valence electrons. The van der Waals surface area contributed by atoms with Gasteiger partial charge in [0.25, 0.3) is 0 Å². The highest BCUT2D eigenvalue weighted by atomic mass is 32.1. The van der Waals surface area contributed by atoms with Gasteiger partial charge >= 0.3 is 0 Å². The van der Waals surface area contributed by atoms with Gasteiger partial charge in [-0.1, -0.05) is 12.1 Å². The summed E-state index contributed by atoms with van der Waals surface area (Å²) in [4.78, 5) is 1.49. The third-order valence-corrected chi connectivity index (χ3v) is 4.12. The predicted molar refractivity (Wildman–Crippen MR) is 80.5 cm³/mol. The van der Waals surface area contributed by atoms with Crippen molar-refractivity contribution in [1.29, 1.82) is 0 Å². The van der Waals surface area contributed by atoms with Gasteiger partial charge in [0.05, 0.1) is 0 Å². The van der Waals surface area contributed by atoms with Crippen molar-refractivity contribution in [2.45, 2.75) is 19.9 Å². The molecule has 0 aliphatic rings. The quantitative estimate of drug-likeness (QED) is 0.778. The summed E-state index contributed by atoms with van der Waals surface area (Å²) in [6.07, 6.45) is 1.12. The maximum Gasteiger partial charge on any atom is 0.0340 e. The van der Waals surface area contributed by atoms with Crippen LogP contribution in [0.3, 0.4) is 0 Å². The maximum atomic E-state index is 3.50. The molecule has 1 aromatic heterocycles. The maximum absolute atomic E-state index is 3.50. The zero-order valence-electron chi connectivity index (χ0n) is 11.0. The Labute approximate surface area is 113 Å². The highest BCUT2D eigenvalue weighted by Gasteiger charge is 1.99. The Balaban J connectivity index is 1.76. The Morgan fingerprint density at radius 2 is 2.11 bits per heavy atom. The molecule has 0 saturated heterocycles. The number of anilines is 1. The van der Waals surface area contributed by atoms with Crippen molar-refractivity contribution in [1.82, 2.24) is 5.32 Å². The van der Waals surface area contributed by atoms with E-state index in [1.165, 1.54) is 21.7 Å². The van der Waals surface area contributed by atoms with Crippen molar-refractivity contribution < 1.29 is 0 Å². The average molecular weight is 260 g/mol. The van der Waals surface area contributed by atoms with Crippen LogP contribution in [0.2, 0.25) is 0 Å². The molecule has 2 rings (SSSR count). The number of thiophene rings is 1. The van der Waals surface area contributed by atoms with E-state index in [4.69, 9.17) is 0 Å². The third-order valence-electron chi connectivity index (χ3n) is 3.04. The van der Waals surface area contributed by atoms with Gasteiger partial charge in [-0.2, -0.15) is 0 Å². The van der Waals surface area contributed by atoms with Crippen LogP contribution in [-0.2, 0) is 13.0 Å². The summed E-state index contributed by atoms with van der Waals surface area (Å²) in [5.41, 5.74) is 3.91. The summed E-state index contributed by atoms with van der Waals surface area (Å²) in [6.45, 7) is 4.15. The molecule has 0 bridgehead atoms. The molecule has 1 heterocycles. The van der Waals surface area contributed by atoms with Crippen LogP contribution in [0, 0.1) is 6.92 Å². The smallest absolute Gasteiger partial charge is 0.0340 e. The molecule has 0 fully saturated rings. The normalized spacial score (nSPS) is 10.6. The molecular weight excluding hydrogens is 240 g/mol. The van der Waals surface area contributed by atoms with Gasteiger partial charge in [0.1, 0.15) is 0 Å². The second kappa shape index (κ2) is 6.57. The van der Waals surface area contributed by atoms with Crippen LogP contribution >= 0.6 is 11.3 Å². The van der Waals surface area contributed by atoms with Gasteiger partial charge in [-0.15, -0.1) is 11.3 Å². The van der Waals surface area contributed by atoms with E-state index in [2.05, 4.69) is 53.3 Å². The van der Waals surface area contributed by atoms with E-state index in [0.29, 0.717) is 0 Å². The summed E-state index contributed by atoms with van der Waals surface area (Å²) in [5.74, 6) is 0. The second-order valence-corrected chi connectivity index (χ2v) is 5.40. The number of benzene rings is 1. The lowest BCUT2D eigenvalue weighted by atomic mass is 10.2. The van der Waals surface area contributed by atoms with E-state index in [-0.39, 0.29) is 0 Å². The van der Waals surface area contributed by atoms with Gasteiger partial charge in [-0.3, -0.25) is 0 Å². The molecule has 2 aromatic rings. The van der Waals surface area contributed by atoms with Crippen LogP contribution in [0.15, 0.2) is 35.7 Å². The fourth-order valence-corrected chi connectivity index (χ4v) is 2.84. The van der Waals surface area contributed by atoms with Crippen molar-refractivity contribution in [2.24, 2.45) is 0 Å². The van der Waals surface area contributed by atoms with Crippen molar-refractivity contribution in [2.75, 3.05) is 18.9 Å². The Hall–Kier alpha value is -1.32. The largest absolute Gasteiger partial charge is 0.388 e. The molecule has 0 amide bonds. The SMILES string of the molecule is CNc1cccc(CNCCc2sccc2C)c1. The number of hydrogen-bond acceptors (Lipinski definition) is 3. The molecule has 3 heteroatoms. The molecule has 0 saturated carbocycles. The third kappa shape index (κ3) is 3.59. The van der Waals surface area contributed by atoms with E-state index >= 15 is 0 Å². The van der Waals surface area contributed by atoms with Crippen LogP contribution in [0.5, 0.6) is 0 Å². The minimum absolute atomic E-state index is 0.930. The van der Waals surface area contributed by atoms with E-state index in [0.717, 1.165) is 19.5 Å². The topological polar surface area (TPSA) is 24.1 Å². The number of hydrogen-bond donors (Lipinski definition) is 2. The molecule has 0 aliphatic carbocycles. The first-order valence-electron chi connectivity index (χ1n) is 6.30. The summed E-state index contributed by atoms with van der Waals surface area (Å²) in [5, 5.41) is 8.83. The Morgan fingerprint density at radius 1 is 1.22 bits per heavy atom. The lowest BCUT2D eigenvalue weighted by molar-refractivity contribution is 0.690. The van der Waals surface area contributed by atoms with Crippen LogP contribution in [-0.4, -0.2) is 13.6 Å². The van der Waals surface area contributed by atoms with E-state index in [1.54, 1.807) is 0 Å². The van der Waals surface area contributed by atoms with Crippen LogP contribution in [0.4, 0.5) is 5.69 Å². The molecule has 0 atom stereocenters. The van der Waals surface area contributed by atoms with Gasteiger partial charge in [0, 0.05) is 30.7 Å². The van der Waals surface area contributed by atoms with E-state index < -0.39 is 0 Å². The van der Waals surface area contributed by atoms with Gasteiger partial charge in [-0.05, 0) is 48.1 Å². The Bertz CT molecular complexity index is 491. The van der Waals surface area contributed by atoms with Crippen molar-refractivity contribution in [3.63, 3.8) is 0 Å². The highest BCUT2D eigenvalue weighted by molar-refractivity contribution is 7.10. The number of aryl methyl sites for hydroxylation is 1. The molecule has 0 aliphatic heterocycles. The highest BCUT2D eigenvalue weighted by Crippen LogP contribution is 2.15. The van der Waals surface area contributed by atoms with Crippen molar-refractivity contribution >= 4 is 17.0 Å². The molecule has 0 spiro atoms. The fourth-order valence-electron chi connectivity index (χ4n) is 1.93. The zero-order valence-corrected chi connectivity index (χ0v) is 11.8. The first-order valence-corrected chi connectivity index (χ1v) is 7.18. The summed E-state index contributed by atoms with van der Waals surface area (Å²) in [6, 6.07) is 10.7. The molecule has 1 aromatic carbocycles. The number of nitrogens with one attached hydrogen (secondary N) is 2. The molecule has 18 heavy (non-hydrogen) atoms. The first kappa shape index (κ1) is 13.1. The number of rotatable bonds is 6. The first-order chi connectivity index (χ1) is 8.79. The Morgan fingerprint density at radius 3 is 2.83 bits per heavy atom. The van der Waals surface area contributed by atoms with Crippen LogP contribution in [0.1, 0.15) is 16.0 Å².